The molecule has 1 unspecified atom stereocenters. The van der Waals surface area contributed by atoms with Gasteiger partial charge in [-0.2, -0.15) is 0 Å². The second-order valence-electron chi connectivity index (χ2n) is 6.16. The number of aliphatic hydroxyl groups excluding tert-OH is 1. The van der Waals surface area contributed by atoms with Gasteiger partial charge in [0.1, 0.15) is 17.9 Å². The van der Waals surface area contributed by atoms with E-state index in [0.29, 0.717) is 5.56 Å². The van der Waals surface area contributed by atoms with Gasteiger partial charge in [0.2, 0.25) is 0 Å². The quantitative estimate of drug-likeness (QED) is 0.569. The van der Waals surface area contributed by atoms with Crippen molar-refractivity contribution < 1.29 is 23.8 Å². The van der Waals surface area contributed by atoms with Crippen LogP contribution in [0.5, 0.6) is 11.5 Å². The fraction of sp³-hybridized carbons (Fsp3) is 0.182. The van der Waals surface area contributed by atoms with Gasteiger partial charge in [-0.05, 0) is 5.56 Å². The zero-order chi connectivity index (χ0) is 20.6. The van der Waals surface area contributed by atoms with E-state index in [-0.39, 0.29) is 29.4 Å². The first-order chi connectivity index (χ1) is 14.1. The molecule has 0 radical (unpaired) electrons. The van der Waals surface area contributed by atoms with E-state index < -0.39 is 18.8 Å². The van der Waals surface area contributed by atoms with Gasteiger partial charge in [-0.3, -0.25) is 9.78 Å². The van der Waals surface area contributed by atoms with Crippen LogP contribution < -0.4 is 14.8 Å². The molecule has 0 spiro atoms. The van der Waals surface area contributed by atoms with Crippen molar-refractivity contribution in [1.82, 2.24) is 10.3 Å². The molecule has 150 valence electrons. The molecule has 0 fully saturated rings. The summed E-state index contributed by atoms with van der Waals surface area (Å²) in [5.41, 5.74) is 1.41. The Kier molecular flexibility index (Phi) is 6.76. The van der Waals surface area contributed by atoms with Gasteiger partial charge in [-0.1, -0.05) is 60.7 Å². The number of aliphatic hydroxyl groups is 1. The zero-order valence-electron chi connectivity index (χ0n) is 15.8. The number of aromatic nitrogens is 1. The summed E-state index contributed by atoms with van der Waals surface area (Å²) in [7, 11) is 1.38. The molecule has 2 aromatic carbocycles. The van der Waals surface area contributed by atoms with Crippen LogP contribution in [0, 0.1) is 0 Å². The Bertz CT molecular complexity index is 952. The molecule has 2 N–H and O–H groups in total. The minimum absolute atomic E-state index is 0.00793. The van der Waals surface area contributed by atoms with Gasteiger partial charge in [-0.15, -0.1) is 0 Å². The molecule has 3 rings (SSSR count). The van der Waals surface area contributed by atoms with E-state index in [1.54, 1.807) is 30.3 Å². The number of amides is 1. The van der Waals surface area contributed by atoms with E-state index in [2.05, 4.69) is 10.3 Å². The number of hydrogen-bond acceptors (Lipinski definition) is 5. The molecule has 0 aliphatic rings. The number of rotatable bonds is 8. The van der Waals surface area contributed by atoms with Crippen molar-refractivity contribution in [3.63, 3.8) is 0 Å². The van der Waals surface area contributed by atoms with Gasteiger partial charge in [0.25, 0.3) is 5.91 Å². The number of carbonyl (C=O) groups is 1. The van der Waals surface area contributed by atoms with Crippen LogP contribution in [0.25, 0.3) is 0 Å². The normalized spacial score (nSPS) is 11.6. The average Bonchev–Trinajstić information content (AvgIpc) is 2.78. The number of alkyl halides is 1. The van der Waals surface area contributed by atoms with Gasteiger partial charge in [-0.25, -0.2) is 4.39 Å². The molecule has 0 aliphatic heterocycles. The summed E-state index contributed by atoms with van der Waals surface area (Å²) in [4.78, 5) is 16.8. The van der Waals surface area contributed by atoms with Gasteiger partial charge in [0.15, 0.2) is 17.8 Å². The van der Waals surface area contributed by atoms with Crippen LogP contribution in [0.1, 0.15) is 33.5 Å². The number of nitrogens with zero attached hydrogens (tertiary/aromatic N) is 1. The number of benzene rings is 2. The van der Waals surface area contributed by atoms with Crippen LogP contribution in [0.2, 0.25) is 0 Å². The molecule has 6 nitrogen and oxygen atoms in total. The SMILES string of the molecule is COc1c(CO)ncc(C(=O)NC(F)c2ccccc2)c1OCc1ccccc1. The molecule has 0 aliphatic carbocycles. The Morgan fingerprint density at radius 1 is 1.10 bits per heavy atom. The highest BCUT2D eigenvalue weighted by Gasteiger charge is 2.24. The van der Waals surface area contributed by atoms with Crippen LogP contribution in [0.4, 0.5) is 4.39 Å². The highest BCUT2D eigenvalue weighted by Crippen LogP contribution is 2.34. The van der Waals surface area contributed by atoms with Gasteiger partial charge in [0, 0.05) is 11.8 Å². The van der Waals surface area contributed by atoms with E-state index in [1.165, 1.54) is 13.3 Å². The first-order valence-corrected chi connectivity index (χ1v) is 8.97. The number of nitrogens with one attached hydrogen (secondary N) is 1. The third-order valence-corrected chi connectivity index (χ3v) is 4.24. The highest BCUT2D eigenvalue weighted by molar-refractivity contribution is 5.97. The van der Waals surface area contributed by atoms with Crippen LogP contribution in [-0.2, 0) is 13.2 Å². The Labute approximate surface area is 167 Å². The fourth-order valence-corrected chi connectivity index (χ4v) is 2.77. The number of methoxy groups -OCH3 is 1. The maximum absolute atomic E-state index is 14.5. The maximum Gasteiger partial charge on any atom is 0.259 e. The molecular weight excluding hydrogens is 375 g/mol. The molecule has 7 heteroatoms. The first-order valence-electron chi connectivity index (χ1n) is 8.97. The second kappa shape index (κ2) is 9.66. The van der Waals surface area contributed by atoms with Crippen LogP contribution >= 0.6 is 0 Å². The minimum atomic E-state index is -1.70. The minimum Gasteiger partial charge on any atom is -0.491 e. The number of pyridine rings is 1. The lowest BCUT2D eigenvalue weighted by molar-refractivity contribution is 0.0887. The molecule has 1 heterocycles. The first kappa shape index (κ1) is 20.3. The average molecular weight is 396 g/mol. The molecular formula is C22H21FN2O4. The number of halogens is 1. The highest BCUT2D eigenvalue weighted by atomic mass is 19.1. The van der Waals surface area contributed by atoms with E-state index in [1.807, 2.05) is 30.3 Å². The van der Waals surface area contributed by atoms with E-state index >= 15 is 0 Å². The summed E-state index contributed by atoms with van der Waals surface area (Å²) in [5.74, 6) is -0.487. The summed E-state index contributed by atoms with van der Waals surface area (Å²) in [6, 6.07) is 17.6. The molecule has 3 aromatic rings. The predicted molar refractivity (Wildman–Crippen MR) is 105 cm³/mol. The third kappa shape index (κ3) is 4.89. The van der Waals surface area contributed by atoms with Crippen molar-refractivity contribution in [2.45, 2.75) is 19.5 Å². The van der Waals surface area contributed by atoms with Crippen molar-refractivity contribution in [3.8, 4) is 11.5 Å². The van der Waals surface area contributed by atoms with Crippen molar-refractivity contribution >= 4 is 5.91 Å². The standard InChI is InChI=1S/C22H21FN2O4/c1-28-20-18(13-26)24-12-17(19(20)29-14-15-8-4-2-5-9-15)22(27)25-21(23)16-10-6-3-7-11-16/h2-12,21,26H,13-14H2,1H3,(H,25,27). The van der Waals surface area contributed by atoms with E-state index in [0.717, 1.165) is 5.56 Å². The van der Waals surface area contributed by atoms with E-state index in [4.69, 9.17) is 9.47 Å². The Morgan fingerprint density at radius 2 is 1.76 bits per heavy atom. The number of hydrogen-bond donors (Lipinski definition) is 2. The van der Waals surface area contributed by atoms with Crippen LogP contribution in [0.3, 0.4) is 0 Å². The fourth-order valence-electron chi connectivity index (χ4n) is 2.77. The Hall–Kier alpha value is -3.45. The summed E-state index contributed by atoms with van der Waals surface area (Å²) >= 11 is 0. The Balaban J connectivity index is 1.89. The largest absolute Gasteiger partial charge is 0.491 e. The summed E-state index contributed by atoms with van der Waals surface area (Å²) in [5, 5.41) is 11.8. The van der Waals surface area contributed by atoms with Gasteiger partial charge in [0.05, 0.1) is 13.7 Å². The van der Waals surface area contributed by atoms with Gasteiger partial charge < -0.3 is 19.9 Å². The molecule has 0 bridgehead atoms. The summed E-state index contributed by atoms with van der Waals surface area (Å²) in [6.45, 7) is -0.243. The van der Waals surface area contributed by atoms with Crippen molar-refractivity contribution in [1.29, 1.82) is 0 Å². The van der Waals surface area contributed by atoms with Crippen LogP contribution in [-0.4, -0.2) is 23.1 Å². The van der Waals surface area contributed by atoms with E-state index in [9.17, 15) is 14.3 Å². The lowest BCUT2D eigenvalue weighted by Crippen LogP contribution is -2.27. The van der Waals surface area contributed by atoms with Crippen molar-refractivity contribution in [3.05, 3.63) is 89.2 Å². The zero-order valence-corrected chi connectivity index (χ0v) is 15.8. The monoisotopic (exact) mass is 396 g/mol. The van der Waals surface area contributed by atoms with Crippen LogP contribution in [0.15, 0.2) is 66.9 Å². The second-order valence-corrected chi connectivity index (χ2v) is 6.16. The maximum atomic E-state index is 14.5. The van der Waals surface area contributed by atoms with Gasteiger partial charge >= 0.3 is 0 Å². The van der Waals surface area contributed by atoms with Crippen molar-refractivity contribution in [2.75, 3.05) is 7.11 Å². The summed E-state index contributed by atoms with van der Waals surface area (Å²) in [6.07, 6.45) is -0.462. The molecule has 0 saturated carbocycles. The molecule has 1 atom stereocenters. The lowest BCUT2D eigenvalue weighted by Gasteiger charge is -2.18. The number of ether oxygens (including phenoxy) is 2. The lowest BCUT2D eigenvalue weighted by atomic mass is 10.1. The molecule has 1 aromatic heterocycles. The number of carbonyl (C=O) groups excluding carboxylic acids is 1. The topological polar surface area (TPSA) is 80.7 Å². The predicted octanol–water partition coefficient (Wildman–Crippen LogP) is 3.56. The molecule has 0 saturated heterocycles. The Morgan fingerprint density at radius 3 is 2.38 bits per heavy atom. The summed E-state index contributed by atoms with van der Waals surface area (Å²) < 4.78 is 25.7. The molecule has 1 amide bonds. The molecule has 29 heavy (non-hydrogen) atoms. The van der Waals surface area contributed by atoms with Crippen molar-refractivity contribution in [2.24, 2.45) is 0 Å². The smallest absolute Gasteiger partial charge is 0.259 e. The third-order valence-electron chi connectivity index (χ3n) is 4.24.